The van der Waals surface area contributed by atoms with Gasteiger partial charge in [0.05, 0.1) is 0 Å². The van der Waals surface area contributed by atoms with E-state index < -0.39 is 0 Å². The maximum atomic E-state index is 11.7. The molecule has 2 nitrogen and oxygen atoms in total. The van der Waals surface area contributed by atoms with Crippen molar-refractivity contribution < 1.29 is 4.48 Å². The number of para-hydroxylation sites is 1. The summed E-state index contributed by atoms with van der Waals surface area (Å²) in [6.45, 7) is 0.363. The number of hydrogen-bond donors (Lipinski definition) is 2. The molecule has 0 bridgehead atoms. The minimum absolute atomic E-state index is 0.363. The summed E-state index contributed by atoms with van der Waals surface area (Å²) in [4.78, 5) is 3.15. The fourth-order valence-corrected chi connectivity index (χ4v) is 1.52. The number of aromatic amines is 1. The van der Waals surface area contributed by atoms with Crippen molar-refractivity contribution in [2.45, 2.75) is 6.42 Å². The molecular formula is C10H11FN2. The molecular weight excluding hydrogens is 167 g/mol. The monoisotopic (exact) mass is 178 g/mol. The van der Waals surface area contributed by atoms with Crippen molar-refractivity contribution >= 4 is 10.9 Å². The Labute approximate surface area is 75.7 Å². The highest BCUT2D eigenvalue weighted by molar-refractivity contribution is 5.82. The van der Waals surface area contributed by atoms with Crippen molar-refractivity contribution in [3.8, 4) is 0 Å². The Kier molecular flexibility index (Phi) is 2.27. The Morgan fingerprint density at radius 2 is 2.15 bits per heavy atom. The van der Waals surface area contributed by atoms with Crippen LogP contribution >= 0.6 is 0 Å². The Bertz CT molecular complexity index is 394. The van der Waals surface area contributed by atoms with Crippen molar-refractivity contribution in [3.63, 3.8) is 0 Å². The normalized spacial score (nSPS) is 10.8. The molecule has 2 rings (SSSR count). The predicted molar refractivity (Wildman–Crippen MR) is 51.1 cm³/mol. The Morgan fingerprint density at radius 1 is 1.31 bits per heavy atom. The van der Waals surface area contributed by atoms with Crippen LogP contribution in [0.5, 0.6) is 0 Å². The van der Waals surface area contributed by atoms with Crippen LogP contribution in [-0.2, 0) is 6.42 Å². The van der Waals surface area contributed by atoms with Crippen LogP contribution in [0, 0.1) is 0 Å². The van der Waals surface area contributed by atoms with Gasteiger partial charge in [-0.2, -0.15) is 5.54 Å². The minimum Gasteiger partial charge on any atom is -0.361 e. The first-order chi connectivity index (χ1) is 6.42. The van der Waals surface area contributed by atoms with Gasteiger partial charge < -0.3 is 4.98 Å². The van der Waals surface area contributed by atoms with Crippen LogP contribution in [0.15, 0.2) is 30.5 Å². The SMILES string of the molecule is FNCCc1c[nH]c2ccccc12. The average molecular weight is 178 g/mol. The van der Waals surface area contributed by atoms with Crippen LogP contribution in [0.4, 0.5) is 4.48 Å². The quantitative estimate of drug-likeness (QED) is 0.693. The molecule has 0 radical (unpaired) electrons. The molecule has 0 saturated heterocycles. The molecule has 0 aliphatic heterocycles. The number of H-pyrrole nitrogens is 1. The largest absolute Gasteiger partial charge is 0.361 e. The first-order valence-corrected chi connectivity index (χ1v) is 4.30. The first-order valence-electron chi connectivity index (χ1n) is 4.30. The van der Waals surface area contributed by atoms with E-state index in [1.54, 1.807) is 5.54 Å². The van der Waals surface area contributed by atoms with Gasteiger partial charge in [-0.25, -0.2) is 0 Å². The van der Waals surface area contributed by atoms with Crippen molar-refractivity contribution in [2.24, 2.45) is 0 Å². The van der Waals surface area contributed by atoms with Crippen LogP contribution in [0.1, 0.15) is 5.56 Å². The third kappa shape index (κ3) is 1.55. The van der Waals surface area contributed by atoms with Crippen molar-refractivity contribution in [3.05, 3.63) is 36.0 Å². The van der Waals surface area contributed by atoms with Gasteiger partial charge in [0, 0.05) is 23.6 Å². The number of rotatable bonds is 3. The van der Waals surface area contributed by atoms with Gasteiger partial charge in [-0.15, -0.1) is 4.48 Å². The number of nitrogens with one attached hydrogen (secondary N) is 2. The van der Waals surface area contributed by atoms with Crippen molar-refractivity contribution in [2.75, 3.05) is 6.54 Å². The molecule has 0 aliphatic rings. The zero-order valence-electron chi connectivity index (χ0n) is 7.18. The highest BCUT2D eigenvalue weighted by atomic mass is 19.2. The predicted octanol–water partition coefficient (Wildman–Crippen LogP) is 2.18. The fourth-order valence-electron chi connectivity index (χ4n) is 1.52. The van der Waals surface area contributed by atoms with E-state index in [0.717, 1.165) is 11.1 Å². The molecule has 0 saturated carbocycles. The van der Waals surface area contributed by atoms with Crippen molar-refractivity contribution in [1.29, 1.82) is 0 Å². The smallest absolute Gasteiger partial charge is 0.0456 e. The van der Waals surface area contributed by atoms with Gasteiger partial charge in [0.1, 0.15) is 0 Å². The molecule has 0 aliphatic carbocycles. The second kappa shape index (κ2) is 3.58. The molecule has 2 aromatic rings. The van der Waals surface area contributed by atoms with E-state index in [9.17, 15) is 4.48 Å². The lowest BCUT2D eigenvalue weighted by molar-refractivity contribution is 0.338. The molecule has 0 fully saturated rings. The summed E-state index contributed by atoms with van der Waals surface area (Å²) < 4.78 is 11.7. The van der Waals surface area contributed by atoms with E-state index in [4.69, 9.17) is 0 Å². The van der Waals surface area contributed by atoms with Gasteiger partial charge in [0.15, 0.2) is 0 Å². The van der Waals surface area contributed by atoms with Crippen LogP contribution in [0.3, 0.4) is 0 Å². The number of fused-ring (bicyclic) bond motifs is 1. The molecule has 13 heavy (non-hydrogen) atoms. The van der Waals surface area contributed by atoms with E-state index in [0.29, 0.717) is 13.0 Å². The maximum Gasteiger partial charge on any atom is 0.0456 e. The maximum absolute atomic E-state index is 11.7. The van der Waals surface area contributed by atoms with Crippen LogP contribution in [0.2, 0.25) is 0 Å². The van der Waals surface area contributed by atoms with Gasteiger partial charge in [-0.05, 0) is 18.1 Å². The van der Waals surface area contributed by atoms with E-state index >= 15 is 0 Å². The topological polar surface area (TPSA) is 27.8 Å². The Balaban J connectivity index is 2.35. The van der Waals surface area contributed by atoms with Crippen LogP contribution in [0.25, 0.3) is 10.9 Å². The summed E-state index contributed by atoms with van der Waals surface area (Å²) in [6, 6.07) is 8.03. The molecule has 0 amide bonds. The first kappa shape index (κ1) is 8.26. The highest BCUT2D eigenvalue weighted by Gasteiger charge is 2.01. The summed E-state index contributed by atoms with van der Waals surface area (Å²) in [5.41, 5.74) is 3.92. The van der Waals surface area contributed by atoms with E-state index in [1.165, 1.54) is 5.39 Å². The van der Waals surface area contributed by atoms with Crippen LogP contribution < -0.4 is 5.54 Å². The molecule has 1 heterocycles. The number of aromatic nitrogens is 1. The van der Waals surface area contributed by atoms with Gasteiger partial charge in [0.2, 0.25) is 0 Å². The highest BCUT2D eigenvalue weighted by Crippen LogP contribution is 2.17. The molecule has 0 spiro atoms. The van der Waals surface area contributed by atoms with Crippen LogP contribution in [-0.4, -0.2) is 11.5 Å². The van der Waals surface area contributed by atoms with E-state index in [2.05, 4.69) is 4.98 Å². The molecule has 0 atom stereocenters. The molecule has 0 unspecified atom stereocenters. The second-order valence-electron chi connectivity index (χ2n) is 2.99. The third-order valence-corrected chi connectivity index (χ3v) is 2.16. The van der Waals surface area contributed by atoms with Gasteiger partial charge in [0.25, 0.3) is 0 Å². The molecule has 1 aromatic carbocycles. The standard InChI is InChI=1S/C10H11FN2/c11-13-6-5-8-7-12-10-4-2-1-3-9(8)10/h1-4,7,12-13H,5-6H2. The zero-order valence-corrected chi connectivity index (χ0v) is 7.18. The van der Waals surface area contributed by atoms with E-state index in [-0.39, 0.29) is 0 Å². The number of hydrogen-bond acceptors (Lipinski definition) is 1. The molecule has 3 heteroatoms. The zero-order chi connectivity index (χ0) is 9.10. The lowest BCUT2D eigenvalue weighted by atomic mass is 10.1. The summed E-state index contributed by atoms with van der Waals surface area (Å²) >= 11 is 0. The van der Waals surface area contributed by atoms with Gasteiger partial charge in [-0.1, -0.05) is 18.2 Å². The molecule has 1 aromatic heterocycles. The van der Waals surface area contributed by atoms with Gasteiger partial charge >= 0.3 is 0 Å². The van der Waals surface area contributed by atoms with Crippen molar-refractivity contribution in [1.82, 2.24) is 10.5 Å². The third-order valence-electron chi connectivity index (χ3n) is 2.16. The Hall–Kier alpha value is -1.35. The van der Waals surface area contributed by atoms with E-state index in [1.807, 2.05) is 30.5 Å². The fraction of sp³-hybridized carbons (Fsp3) is 0.200. The molecule has 68 valence electrons. The van der Waals surface area contributed by atoms with Gasteiger partial charge in [-0.3, -0.25) is 0 Å². The molecule has 2 N–H and O–H groups in total. The Morgan fingerprint density at radius 3 is 3.00 bits per heavy atom. The number of halogens is 1. The lowest BCUT2D eigenvalue weighted by Gasteiger charge is -1.95. The summed E-state index contributed by atoms with van der Waals surface area (Å²) in [7, 11) is 0. The number of benzene rings is 1. The average Bonchev–Trinajstić information content (AvgIpc) is 2.58. The second-order valence-corrected chi connectivity index (χ2v) is 2.99. The summed E-state index contributed by atoms with van der Waals surface area (Å²) in [5, 5.41) is 1.18. The minimum atomic E-state index is 0.363. The lowest BCUT2D eigenvalue weighted by Crippen LogP contribution is -2.04. The summed E-state index contributed by atoms with van der Waals surface area (Å²) in [6.07, 6.45) is 2.64. The summed E-state index contributed by atoms with van der Waals surface area (Å²) in [5.74, 6) is 0.